The van der Waals surface area contributed by atoms with Crippen molar-refractivity contribution in [3.05, 3.63) is 60.0 Å². The molecule has 0 radical (unpaired) electrons. The lowest BCUT2D eigenvalue weighted by molar-refractivity contribution is 0.0601. The number of rotatable bonds is 3. The Bertz CT molecular complexity index is 895. The summed E-state index contributed by atoms with van der Waals surface area (Å²) in [6.45, 7) is 1.87. The van der Waals surface area contributed by atoms with Gasteiger partial charge < -0.3 is 10.5 Å². The third-order valence-corrected chi connectivity index (χ3v) is 3.61. The van der Waals surface area contributed by atoms with Crippen LogP contribution in [-0.4, -0.2) is 28.0 Å². The highest BCUT2D eigenvalue weighted by Crippen LogP contribution is 2.33. The lowest BCUT2D eigenvalue weighted by Gasteiger charge is -2.13. The van der Waals surface area contributed by atoms with Crippen LogP contribution in [0.15, 0.2) is 48.8 Å². The highest BCUT2D eigenvalue weighted by atomic mass is 16.5. The minimum absolute atomic E-state index is 0.179. The van der Waals surface area contributed by atoms with Crippen molar-refractivity contribution in [3.63, 3.8) is 0 Å². The quantitative estimate of drug-likeness (QED) is 0.746. The molecule has 2 heterocycles. The van der Waals surface area contributed by atoms with Crippen molar-refractivity contribution in [3.8, 4) is 22.4 Å². The van der Waals surface area contributed by atoms with E-state index in [1.165, 1.54) is 7.11 Å². The zero-order valence-electron chi connectivity index (χ0n) is 13.4. The van der Waals surface area contributed by atoms with Crippen molar-refractivity contribution in [2.45, 2.75) is 6.92 Å². The molecule has 0 fully saturated rings. The number of hydrogen-bond acceptors (Lipinski definition) is 6. The van der Waals surface area contributed by atoms with Crippen molar-refractivity contribution < 1.29 is 9.53 Å². The van der Waals surface area contributed by atoms with E-state index in [1.807, 2.05) is 25.1 Å². The van der Waals surface area contributed by atoms with Gasteiger partial charge in [-0.3, -0.25) is 4.98 Å². The van der Waals surface area contributed by atoms with Crippen LogP contribution in [-0.2, 0) is 4.74 Å². The summed E-state index contributed by atoms with van der Waals surface area (Å²) in [7, 11) is 1.35. The number of methoxy groups -OCH3 is 1. The summed E-state index contributed by atoms with van der Waals surface area (Å²) in [5.41, 5.74) is 10.2. The van der Waals surface area contributed by atoms with E-state index in [2.05, 4.69) is 15.0 Å². The minimum Gasteiger partial charge on any atom is -0.465 e. The summed E-state index contributed by atoms with van der Waals surface area (Å²) in [6.07, 6.45) is 3.45. The fourth-order valence-corrected chi connectivity index (χ4v) is 2.57. The van der Waals surface area contributed by atoms with E-state index in [4.69, 9.17) is 10.5 Å². The molecule has 0 aliphatic carbocycles. The van der Waals surface area contributed by atoms with E-state index in [0.717, 1.165) is 22.4 Å². The predicted molar refractivity (Wildman–Crippen MR) is 91.2 cm³/mol. The van der Waals surface area contributed by atoms with Gasteiger partial charge in [-0.2, -0.15) is 0 Å². The van der Waals surface area contributed by atoms with Gasteiger partial charge in [-0.25, -0.2) is 14.8 Å². The highest BCUT2D eigenvalue weighted by Gasteiger charge is 2.16. The lowest BCUT2D eigenvalue weighted by atomic mass is 9.98. The number of nitrogen functional groups attached to an aromatic ring is 1. The Morgan fingerprint density at radius 2 is 1.92 bits per heavy atom. The molecule has 0 saturated carbocycles. The van der Waals surface area contributed by atoms with Crippen LogP contribution in [0.2, 0.25) is 0 Å². The molecule has 3 rings (SSSR count). The van der Waals surface area contributed by atoms with E-state index < -0.39 is 5.97 Å². The maximum absolute atomic E-state index is 11.8. The number of nitrogens with zero attached hydrogens (tertiary/aromatic N) is 3. The van der Waals surface area contributed by atoms with Gasteiger partial charge in [0.1, 0.15) is 0 Å². The maximum atomic E-state index is 11.8. The standard InChI is InChI=1S/C18H16N4O2/c1-11-15(14-7-4-8-20-10-14)16(22-18(19)21-11)12-5-3-6-13(9-12)17(23)24-2/h3-10H,1-2H3,(H2,19,21,22). The van der Waals surface area contributed by atoms with Crippen molar-refractivity contribution in [1.29, 1.82) is 0 Å². The van der Waals surface area contributed by atoms with Gasteiger partial charge in [-0.1, -0.05) is 18.2 Å². The zero-order valence-corrected chi connectivity index (χ0v) is 13.4. The van der Waals surface area contributed by atoms with E-state index in [0.29, 0.717) is 11.3 Å². The van der Waals surface area contributed by atoms with Crippen molar-refractivity contribution in [1.82, 2.24) is 15.0 Å². The van der Waals surface area contributed by atoms with Gasteiger partial charge >= 0.3 is 5.97 Å². The fourth-order valence-electron chi connectivity index (χ4n) is 2.57. The highest BCUT2D eigenvalue weighted by molar-refractivity contribution is 5.92. The Balaban J connectivity index is 2.23. The van der Waals surface area contributed by atoms with Crippen LogP contribution in [0, 0.1) is 6.92 Å². The number of esters is 1. The molecule has 2 aromatic heterocycles. The number of pyridine rings is 1. The van der Waals surface area contributed by atoms with Crippen LogP contribution >= 0.6 is 0 Å². The van der Waals surface area contributed by atoms with Crippen molar-refractivity contribution in [2.24, 2.45) is 0 Å². The van der Waals surface area contributed by atoms with E-state index in [-0.39, 0.29) is 5.95 Å². The first kappa shape index (κ1) is 15.6. The summed E-state index contributed by atoms with van der Waals surface area (Å²) >= 11 is 0. The number of carbonyl (C=O) groups is 1. The second-order valence-electron chi connectivity index (χ2n) is 5.20. The van der Waals surface area contributed by atoms with Gasteiger partial charge in [0, 0.05) is 29.1 Å². The molecule has 120 valence electrons. The Morgan fingerprint density at radius 1 is 1.12 bits per heavy atom. The molecule has 0 atom stereocenters. The minimum atomic E-state index is -0.404. The second kappa shape index (κ2) is 6.45. The number of anilines is 1. The Kier molecular flexibility index (Phi) is 4.20. The SMILES string of the molecule is COC(=O)c1cccc(-c2nc(N)nc(C)c2-c2cccnc2)c1. The second-order valence-corrected chi connectivity index (χ2v) is 5.20. The summed E-state index contributed by atoms with van der Waals surface area (Å²) < 4.78 is 4.78. The van der Waals surface area contributed by atoms with E-state index in [9.17, 15) is 4.79 Å². The largest absolute Gasteiger partial charge is 0.465 e. The molecule has 6 nitrogen and oxygen atoms in total. The molecule has 0 unspecified atom stereocenters. The summed E-state index contributed by atoms with van der Waals surface area (Å²) in [4.78, 5) is 24.6. The van der Waals surface area contributed by atoms with Gasteiger partial charge in [0.2, 0.25) is 5.95 Å². The van der Waals surface area contributed by atoms with Crippen LogP contribution in [0.25, 0.3) is 22.4 Å². The van der Waals surface area contributed by atoms with E-state index in [1.54, 1.807) is 30.6 Å². The molecule has 0 bridgehead atoms. The number of benzene rings is 1. The van der Waals surface area contributed by atoms with Gasteiger partial charge in [0.15, 0.2) is 0 Å². The molecule has 0 spiro atoms. The van der Waals surface area contributed by atoms with Crippen molar-refractivity contribution in [2.75, 3.05) is 12.8 Å². The molecular weight excluding hydrogens is 304 g/mol. The van der Waals surface area contributed by atoms with Crippen LogP contribution in [0.4, 0.5) is 5.95 Å². The molecule has 1 aromatic carbocycles. The molecule has 0 aliphatic rings. The summed E-state index contributed by atoms with van der Waals surface area (Å²) in [5, 5.41) is 0. The van der Waals surface area contributed by atoms with Crippen LogP contribution < -0.4 is 5.73 Å². The van der Waals surface area contributed by atoms with Crippen LogP contribution in [0.3, 0.4) is 0 Å². The number of aromatic nitrogens is 3. The monoisotopic (exact) mass is 320 g/mol. The molecule has 0 amide bonds. The number of aryl methyl sites for hydroxylation is 1. The summed E-state index contributed by atoms with van der Waals surface area (Å²) in [5.74, 6) is -0.225. The molecular formula is C18H16N4O2. The number of carbonyl (C=O) groups excluding carboxylic acids is 1. The molecule has 2 N–H and O–H groups in total. The molecule has 0 aliphatic heterocycles. The normalized spacial score (nSPS) is 10.4. The van der Waals surface area contributed by atoms with Gasteiger partial charge in [-0.15, -0.1) is 0 Å². The fraction of sp³-hybridized carbons (Fsp3) is 0.111. The topological polar surface area (TPSA) is 91.0 Å². The third kappa shape index (κ3) is 2.94. The van der Waals surface area contributed by atoms with E-state index >= 15 is 0 Å². The first-order valence-corrected chi connectivity index (χ1v) is 7.33. The lowest BCUT2D eigenvalue weighted by Crippen LogP contribution is -2.04. The number of ether oxygens (including phenoxy) is 1. The smallest absolute Gasteiger partial charge is 0.337 e. The van der Waals surface area contributed by atoms with Gasteiger partial charge in [-0.05, 0) is 25.1 Å². The first-order valence-electron chi connectivity index (χ1n) is 7.33. The van der Waals surface area contributed by atoms with Crippen LogP contribution in [0.5, 0.6) is 0 Å². The van der Waals surface area contributed by atoms with Crippen molar-refractivity contribution >= 4 is 11.9 Å². The first-order chi connectivity index (χ1) is 11.6. The molecule has 6 heteroatoms. The maximum Gasteiger partial charge on any atom is 0.337 e. The summed E-state index contributed by atoms with van der Waals surface area (Å²) in [6, 6.07) is 10.8. The molecule has 24 heavy (non-hydrogen) atoms. The predicted octanol–water partition coefficient (Wildman–Crippen LogP) is 2.88. The average Bonchev–Trinajstić information content (AvgIpc) is 2.61. The zero-order chi connectivity index (χ0) is 17.1. The Morgan fingerprint density at radius 3 is 2.62 bits per heavy atom. The van der Waals surface area contributed by atoms with Gasteiger partial charge in [0.25, 0.3) is 0 Å². The average molecular weight is 320 g/mol. The number of nitrogens with two attached hydrogens (primary N) is 1. The number of hydrogen-bond donors (Lipinski definition) is 1. The molecule has 3 aromatic rings. The van der Waals surface area contributed by atoms with Gasteiger partial charge in [0.05, 0.1) is 24.1 Å². The molecule has 0 saturated heterocycles. The Hall–Kier alpha value is -3.28. The Labute approximate surface area is 139 Å². The van der Waals surface area contributed by atoms with Crippen LogP contribution in [0.1, 0.15) is 16.1 Å². The third-order valence-electron chi connectivity index (χ3n) is 3.61.